The Morgan fingerprint density at radius 1 is 0.412 bits per heavy atom. The molecule has 0 amide bonds. The summed E-state index contributed by atoms with van der Waals surface area (Å²) in [5.41, 5.74) is -2.50. The zero-order chi connectivity index (χ0) is 35.4. The summed E-state index contributed by atoms with van der Waals surface area (Å²) in [5, 5.41) is 49.7. The number of nitrogens with zero attached hydrogens (tertiary/aromatic N) is 4. The second-order valence-corrected chi connectivity index (χ2v) is 14.7. The molecule has 6 aromatic carbocycles. The van der Waals surface area contributed by atoms with E-state index in [0.717, 1.165) is 0 Å². The van der Waals surface area contributed by atoms with Gasteiger partial charge >= 0.3 is 0 Å². The quantitative estimate of drug-likeness (QED) is 0.0597. The summed E-state index contributed by atoms with van der Waals surface area (Å²) in [5.74, 6) is -0.810. The Kier molecular flexibility index (Phi) is 17.0. The number of rotatable bonds is 8. The molecule has 1 N–H and O–H groups in total. The van der Waals surface area contributed by atoms with Gasteiger partial charge in [0.2, 0.25) is 0 Å². The molecule has 0 radical (unpaired) electrons. The van der Waals surface area contributed by atoms with E-state index in [1.54, 1.807) is 0 Å². The maximum atomic E-state index is 8.33. The zero-order valence-electron chi connectivity index (χ0n) is 27.2. The second-order valence-electron chi connectivity index (χ2n) is 10.3. The fourth-order valence-electron chi connectivity index (χ4n) is 4.76. The minimum atomic E-state index is -2.50. The van der Waals surface area contributed by atoms with E-state index in [9.17, 15) is 0 Å². The van der Waals surface area contributed by atoms with Crippen LogP contribution in [0.25, 0.3) is 0 Å². The van der Waals surface area contributed by atoms with Crippen LogP contribution in [0.3, 0.4) is 0 Å². The van der Waals surface area contributed by atoms with E-state index in [2.05, 4.69) is 187 Å². The summed E-state index contributed by atoms with van der Waals surface area (Å²) in [6, 6.07) is 69.6. The van der Waals surface area contributed by atoms with Crippen LogP contribution in [0, 0.1) is 51.2 Å². The molecule has 0 fully saturated rings. The fraction of sp³-hybridized carbons (Fsp3) is 0.0238. The van der Waals surface area contributed by atoms with Gasteiger partial charge in [-0.05, 0) is 47.7 Å². The van der Waals surface area contributed by atoms with Crippen molar-refractivity contribution >= 4 is 47.7 Å². The molecule has 0 aliphatic rings. The predicted molar refractivity (Wildman–Crippen MR) is 202 cm³/mol. The van der Waals surface area contributed by atoms with E-state index < -0.39 is 27.4 Å². The maximum absolute atomic E-state index is 8.33. The van der Waals surface area contributed by atoms with Gasteiger partial charge in [0.25, 0.3) is 0 Å². The molecular weight excluding hydrogens is 761 g/mol. The van der Waals surface area contributed by atoms with Crippen molar-refractivity contribution in [3.63, 3.8) is 0 Å². The third kappa shape index (κ3) is 11.0. The van der Waals surface area contributed by atoms with Gasteiger partial charge in [0, 0.05) is 20.4 Å². The van der Waals surface area contributed by atoms with Gasteiger partial charge in [0.05, 0.1) is 12.1 Å². The summed E-state index contributed by atoms with van der Waals surface area (Å²) >= 11 is 0. The third-order valence-electron chi connectivity index (χ3n) is 7.11. The van der Waals surface area contributed by atoms with Crippen LogP contribution in [-0.2, 0) is 25.3 Å². The van der Waals surface area contributed by atoms with Crippen molar-refractivity contribution in [2.24, 2.45) is 0 Å². The number of hydrogen-bond donors (Lipinski definition) is 1. The zero-order valence-corrected chi connectivity index (χ0v) is 30.5. The molecule has 252 valence electrons. The van der Waals surface area contributed by atoms with Crippen molar-refractivity contribution in [2.75, 3.05) is 0 Å². The van der Waals surface area contributed by atoms with Crippen LogP contribution in [0.5, 0.6) is 0 Å². The van der Waals surface area contributed by atoms with Gasteiger partial charge in [-0.2, -0.15) is 10.5 Å². The summed E-state index contributed by atoms with van der Waals surface area (Å²) in [7, 11) is -0.892. The molecule has 6 nitrogen and oxygen atoms in total. The third-order valence-corrected chi connectivity index (χ3v) is 12.0. The van der Waals surface area contributed by atoms with Crippen molar-refractivity contribution in [1.29, 1.82) is 21.0 Å². The Hall–Kier alpha value is -5.41. The SMILES string of the molecule is N#C[C-](C#N)C(C#N)(C#N)OO.[Pd].c1ccc(P(c2ccccc2)c2ccccc2)cc1.c1ccc(P(c2ccccc2)c2ccccc2)cc1. The van der Waals surface area contributed by atoms with Crippen LogP contribution >= 0.6 is 15.8 Å². The van der Waals surface area contributed by atoms with Gasteiger partial charge in [-0.1, -0.05) is 194 Å². The standard InChI is InChI=1S/2C18H15P.C6HN4O2.Pd/c2*1-4-10-16(11-5-1)19(17-12-6-2-7-13-17)18-14-8-3-9-15-18;7-1-5(2-8)6(3-9,4-10)12-11;/h2*1-15H;11H;/q;;-1;. The molecule has 0 saturated heterocycles. The average Bonchev–Trinajstić information content (AvgIpc) is 3.20. The predicted octanol–water partition coefficient (Wildman–Crippen LogP) is 6.77. The molecule has 51 heavy (non-hydrogen) atoms. The molecule has 0 aliphatic carbocycles. The van der Waals surface area contributed by atoms with Crippen molar-refractivity contribution in [3.8, 4) is 24.3 Å². The first-order valence-corrected chi connectivity index (χ1v) is 18.0. The molecule has 0 aromatic heterocycles. The van der Waals surface area contributed by atoms with Crippen LogP contribution in [0.4, 0.5) is 0 Å². The van der Waals surface area contributed by atoms with Gasteiger partial charge in [-0.15, -0.1) is 5.92 Å². The monoisotopic (exact) mass is 791 g/mol. The van der Waals surface area contributed by atoms with E-state index in [1.165, 1.54) is 56.1 Å². The Balaban J connectivity index is 0.000000211. The molecule has 0 aliphatic heterocycles. The largest absolute Gasteiger partial charge is 0.252 e. The van der Waals surface area contributed by atoms with E-state index in [0.29, 0.717) is 0 Å². The Labute approximate surface area is 315 Å². The van der Waals surface area contributed by atoms with Gasteiger partial charge < -0.3 is 0 Å². The van der Waals surface area contributed by atoms with Crippen LogP contribution in [0.2, 0.25) is 0 Å². The molecule has 9 heteroatoms. The normalized spacial score (nSPS) is 9.86. The van der Waals surface area contributed by atoms with E-state index in [4.69, 9.17) is 26.3 Å². The minimum Gasteiger partial charge on any atom is -0.252 e. The molecule has 0 bridgehead atoms. The van der Waals surface area contributed by atoms with E-state index in [1.807, 2.05) is 0 Å². The summed E-state index contributed by atoms with van der Waals surface area (Å²) in [4.78, 5) is 3.48. The van der Waals surface area contributed by atoms with Crippen LogP contribution in [0.1, 0.15) is 0 Å². The smallest absolute Gasteiger partial charge is 0.195 e. The average molecular weight is 792 g/mol. The molecular formula is C42H31N4O2P2Pd-. The van der Waals surface area contributed by atoms with Gasteiger partial charge in [0.1, 0.15) is 0 Å². The molecule has 6 rings (SSSR count). The first kappa shape index (κ1) is 40.0. The van der Waals surface area contributed by atoms with Crippen molar-refractivity contribution < 1.29 is 30.6 Å². The number of nitriles is 4. The first-order chi connectivity index (χ1) is 24.6. The fourth-order valence-corrected chi connectivity index (χ4v) is 9.37. The molecule has 0 saturated carbocycles. The first-order valence-electron chi connectivity index (χ1n) is 15.3. The molecule has 0 atom stereocenters. The van der Waals surface area contributed by atoms with Gasteiger partial charge in [-0.25, -0.2) is 15.4 Å². The minimum absolute atomic E-state index is 0. The summed E-state index contributed by atoms with van der Waals surface area (Å²) < 4.78 is 0. The van der Waals surface area contributed by atoms with Crippen molar-refractivity contribution in [1.82, 2.24) is 0 Å². The van der Waals surface area contributed by atoms with Crippen LogP contribution in [-0.4, -0.2) is 10.9 Å². The second kappa shape index (κ2) is 21.6. The van der Waals surface area contributed by atoms with Gasteiger partial charge in [0.15, 0.2) is 5.60 Å². The Morgan fingerprint density at radius 3 is 0.725 bits per heavy atom. The van der Waals surface area contributed by atoms with Crippen LogP contribution in [0.15, 0.2) is 182 Å². The molecule has 0 spiro atoms. The van der Waals surface area contributed by atoms with Crippen molar-refractivity contribution in [3.05, 3.63) is 188 Å². The maximum Gasteiger partial charge on any atom is 0.195 e. The number of hydrogen-bond acceptors (Lipinski definition) is 6. The Bertz CT molecular complexity index is 1720. The van der Waals surface area contributed by atoms with Crippen molar-refractivity contribution in [2.45, 2.75) is 5.60 Å². The van der Waals surface area contributed by atoms with E-state index >= 15 is 0 Å². The summed E-state index contributed by atoms with van der Waals surface area (Å²) in [6.07, 6.45) is 0. The molecule has 0 heterocycles. The van der Waals surface area contributed by atoms with E-state index in [-0.39, 0.29) is 20.4 Å². The summed E-state index contributed by atoms with van der Waals surface area (Å²) in [6.45, 7) is 0. The van der Waals surface area contributed by atoms with Crippen LogP contribution < -0.4 is 31.8 Å². The number of benzene rings is 6. The Morgan fingerprint density at radius 2 is 0.608 bits per heavy atom. The topological polar surface area (TPSA) is 125 Å². The molecule has 6 aromatic rings. The van der Waals surface area contributed by atoms with Gasteiger partial charge in [-0.3, -0.25) is 5.26 Å². The molecule has 0 unspecified atom stereocenters.